The average Bonchev–Trinajstić information content (AvgIpc) is 3.15. The number of imidazole rings is 1. The second-order valence-electron chi connectivity index (χ2n) is 5.94. The Morgan fingerprint density at radius 1 is 0.783 bits per heavy atom. The van der Waals surface area contributed by atoms with Crippen LogP contribution < -0.4 is 5.73 Å². The minimum Gasteiger partial charge on any atom is -0.338 e. The number of hydrogen-bond donors (Lipinski definition) is 2. The SMILES string of the molecule is NC1c2ccccc2-c2c(-c3nc4ccccc4[nH]3)cccc21. The molecule has 1 atom stereocenters. The van der Waals surface area contributed by atoms with Gasteiger partial charge in [0.15, 0.2) is 0 Å². The van der Waals surface area contributed by atoms with E-state index in [-0.39, 0.29) is 6.04 Å². The van der Waals surface area contributed by atoms with Crippen LogP contribution in [-0.4, -0.2) is 9.97 Å². The number of benzene rings is 3. The summed E-state index contributed by atoms with van der Waals surface area (Å²) in [5, 5.41) is 0. The van der Waals surface area contributed by atoms with E-state index in [9.17, 15) is 0 Å². The topological polar surface area (TPSA) is 54.7 Å². The zero-order valence-corrected chi connectivity index (χ0v) is 12.5. The maximum absolute atomic E-state index is 6.45. The van der Waals surface area contributed by atoms with Crippen molar-refractivity contribution < 1.29 is 0 Å². The van der Waals surface area contributed by atoms with Gasteiger partial charge in [-0.05, 0) is 34.4 Å². The molecule has 110 valence electrons. The van der Waals surface area contributed by atoms with Gasteiger partial charge in [-0.15, -0.1) is 0 Å². The minimum atomic E-state index is -0.0643. The number of aromatic amines is 1. The molecule has 23 heavy (non-hydrogen) atoms. The molecule has 3 N–H and O–H groups in total. The summed E-state index contributed by atoms with van der Waals surface area (Å²) in [6.45, 7) is 0. The number of rotatable bonds is 1. The highest BCUT2D eigenvalue weighted by atomic mass is 14.9. The Labute approximate surface area is 133 Å². The first kappa shape index (κ1) is 12.6. The molecule has 0 aliphatic heterocycles. The highest BCUT2D eigenvalue weighted by Gasteiger charge is 2.28. The first-order valence-corrected chi connectivity index (χ1v) is 7.76. The largest absolute Gasteiger partial charge is 0.338 e. The van der Waals surface area contributed by atoms with Crippen LogP contribution in [-0.2, 0) is 0 Å². The summed E-state index contributed by atoms with van der Waals surface area (Å²) in [7, 11) is 0. The van der Waals surface area contributed by atoms with Gasteiger partial charge in [-0.3, -0.25) is 0 Å². The zero-order chi connectivity index (χ0) is 15.4. The van der Waals surface area contributed by atoms with Crippen molar-refractivity contribution in [2.45, 2.75) is 6.04 Å². The smallest absolute Gasteiger partial charge is 0.139 e. The van der Waals surface area contributed by atoms with Crippen molar-refractivity contribution in [2.75, 3.05) is 0 Å². The molecule has 0 bridgehead atoms. The van der Waals surface area contributed by atoms with Gasteiger partial charge < -0.3 is 10.7 Å². The van der Waals surface area contributed by atoms with Gasteiger partial charge in [0.05, 0.1) is 17.1 Å². The lowest BCUT2D eigenvalue weighted by atomic mass is 9.99. The second-order valence-corrected chi connectivity index (χ2v) is 5.94. The van der Waals surface area contributed by atoms with Gasteiger partial charge in [-0.2, -0.15) is 0 Å². The minimum absolute atomic E-state index is 0.0643. The van der Waals surface area contributed by atoms with E-state index in [4.69, 9.17) is 10.7 Å². The van der Waals surface area contributed by atoms with E-state index in [1.807, 2.05) is 24.3 Å². The van der Waals surface area contributed by atoms with Crippen LogP contribution in [0.5, 0.6) is 0 Å². The number of nitrogens with two attached hydrogens (primary N) is 1. The van der Waals surface area contributed by atoms with Crippen LogP contribution in [0.3, 0.4) is 0 Å². The second kappa shape index (κ2) is 4.54. The molecule has 1 heterocycles. The third kappa shape index (κ3) is 1.71. The predicted octanol–water partition coefficient (Wildman–Crippen LogP) is 4.26. The molecule has 5 rings (SSSR count). The van der Waals surface area contributed by atoms with Crippen molar-refractivity contribution in [2.24, 2.45) is 5.73 Å². The maximum Gasteiger partial charge on any atom is 0.139 e. The summed E-state index contributed by atoms with van der Waals surface area (Å²) in [4.78, 5) is 8.20. The Kier molecular flexibility index (Phi) is 2.49. The lowest BCUT2D eigenvalue weighted by molar-refractivity contribution is 0.901. The van der Waals surface area contributed by atoms with Crippen molar-refractivity contribution in [3.8, 4) is 22.5 Å². The third-order valence-electron chi connectivity index (χ3n) is 4.64. The van der Waals surface area contributed by atoms with Crippen molar-refractivity contribution in [1.82, 2.24) is 9.97 Å². The summed E-state index contributed by atoms with van der Waals surface area (Å²) in [6, 6.07) is 22.7. The van der Waals surface area contributed by atoms with E-state index >= 15 is 0 Å². The monoisotopic (exact) mass is 297 g/mol. The molecule has 1 aliphatic carbocycles. The standard InChI is InChI=1S/C20H15N3/c21-19-13-7-2-1-6-12(13)18-14(19)8-5-9-15(18)20-22-16-10-3-4-11-17(16)23-20/h1-11,19H,21H2,(H,22,23). The fourth-order valence-corrected chi connectivity index (χ4v) is 3.57. The fourth-order valence-electron chi connectivity index (χ4n) is 3.57. The first-order chi connectivity index (χ1) is 11.3. The summed E-state index contributed by atoms with van der Waals surface area (Å²) in [5.41, 5.74) is 14.4. The molecule has 4 aromatic rings. The number of aromatic nitrogens is 2. The summed E-state index contributed by atoms with van der Waals surface area (Å²) < 4.78 is 0. The molecule has 0 saturated carbocycles. The summed E-state index contributed by atoms with van der Waals surface area (Å²) in [6.07, 6.45) is 0. The Balaban J connectivity index is 1.81. The third-order valence-corrected chi connectivity index (χ3v) is 4.64. The van der Waals surface area contributed by atoms with E-state index in [1.54, 1.807) is 0 Å². The van der Waals surface area contributed by atoms with Gasteiger partial charge in [-0.25, -0.2) is 4.98 Å². The van der Waals surface area contributed by atoms with Gasteiger partial charge in [-0.1, -0.05) is 54.6 Å². The van der Waals surface area contributed by atoms with Gasteiger partial charge in [0.2, 0.25) is 0 Å². The van der Waals surface area contributed by atoms with Gasteiger partial charge in [0.25, 0.3) is 0 Å². The van der Waals surface area contributed by atoms with Crippen LogP contribution in [0, 0.1) is 0 Å². The molecular formula is C20H15N3. The van der Waals surface area contributed by atoms with Crippen LogP contribution in [0.1, 0.15) is 17.2 Å². The highest BCUT2D eigenvalue weighted by molar-refractivity contribution is 5.91. The molecule has 0 amide bonds. The van der Waals surface area contributed by atoms with Crippen molar-refractivity contribution in [3.63, 3.8) is 0 Å². The van der Waals surface area contributed by atoms with Gasteiger partial charge >= 0.3 is 0 Å². The van der Waals surface area contributed by atoms with Crippen LogP contribution in [0.2, 0.25) is 0 Å². The molecule has 1 aliphatic rings. The normalized spacial score (nSPS) is 15.6. The number of nitrogens with one attached hydrogen (secondary N) is 1. The molecule has 3 heteroatoms. The fraction of sp³-hybridized carbons (Fsp3) is 0.0500. The Hall–Kier alpha value is -2.91. The van der Waals surface area contributed by atoms with Crippen LogP contribution in [0.25, 0.3) is 33.5 Å². The lowest BCUT2D eigenvalue weighted by Crippen LogP contribution is -2.07. The Morgan fingerprint density at radius 2 is 1.52 bits per heavy atom. The number of hydrogen-bond acceptors (Lipinski definition) is 2. The molecule has 3 nitrogen and oxygen atoms in total. The molecule has 1 unspecified atom stereocenters. The lowest BCUT2D eigenvalue weighted by Gasteiger charge is -2.08. The number of H-pyrrole nitrogens is 1. The van der Waals surface area contributed by atoms with Crippen molar-refractivity contribution in [3.05, 3.63) is 77.9 Å². The predicted molar refractivity (Wildman–Crippen MR) is 93.0 cm³/mol. The molecule has 3 aromatic carbocycles. The molecular weight excluding hydrogens is 282 g/mol. The van der Waals surface area contributed by atoms with Gasteiger partial charge in [0.1, 0.15) is 5.82 Å². The summed E-state index contributed by atoms with van der Waals surface area (Å²) >= 11 is 0. The van der Waals surface area contributed by atoms with E-state index in [1.165, 1.54) is 22.3 Å². The molecule has 0 fully saturated rings. The van der Waals surface area contributed by atoms with Gasteiger partial charge in [0, 0.05) is 5.56 Å². The average molecular weight is 297 g/mol. The molecule has 0 radical (unpaired) electrons. The van der Waals surface area contributed by atoms with Crippen molar-refractivity contribution >= 4 is 11.0 Å². The van der Waals surface area contributed by atoms with Crippen LogP contribution >= 0.6 is 0 Å². The number of fused-ring (bicyclic) bond motifs is 4. The Bertz CT molecular complexity index is 1010. The molecule has 0 spiro atoms. The first-order valence-electron chi connectivity index (χ1n) is 7.76. The highest BCUT2D eigenvalue weighted by Crippen LogP contribution is 2.46. The quantitative estimate of drug-likeness (QED) is 0.551. The van der Waals surface area contributed by atoms with E-state index in [0.29, 0.717) is 0 Å². The molecule has 0 saturated heterocycles. The number of para-hydroxylation sites is 2. The number of nitrogens with zero attached hydrogens (tertiary/aromatic N) is 1. The van der Waals surface area contributed by atoms with Crippen LogP contribution in [0.15, 0.2) is 66.7 Å². The molecule has 1 aromatic heterocycles. The van der Waals surface area contributed by atoms with Crippen molar-refractivity contribution in [1.29, 1.82) is 0 Å². The van der Waals surface area contributed by atoms with Crippen LogP contribution in [0.4, 0.5) is 0 Å². The van der Waals surface area contributed by atoms with E-state index in [2.05, 4.69) is 47.4 Å². The van der Waals surface area contributed by atoms with E-state index < -0.39 is 0 Å². The van der Waals surface area contributed by atoms with E-state index in [0.717, 1.165) is 22.4 Å². The summed E-state index contributed by atoms with van der Waals surface area (Å²) in [5.74, 6) is 0.895. The maximum atomic E-state index is 6.45. The zero-order valence-electron chi connectivity index (χ0n) is 12.5. The Morgan fingerprint density at radius 3 is 2.43 bits per heavy atom.